The van der Waals surface area contributed by atoms with Crippen LogP contribution >= 0.6 is 0 Å². The van der Waals surface area contributed by atoms with Gasteiger partial charge in [0.05, 0.1) is 12.2 Å². The summed E-state index contributed by atoms with van der Waals surface area (Å²) in [6.07, 6.45) is 4.68. The van der Waals surface area contributed by atoms with E-state index in [0.717, 1.165) is 17.5 Å². The molecule has 6 nitrogen and oxygen atoms in total. The van der Waals surface area contributed by atoms with Gasteiger partial charge in [-0.25, -0.2) is 9.59 Å². The minimum Gasteiger partial charge on any atom is -0.490 e. The number of aryl methyl sites for hydroxylation is 1. The molecule has 2 aromatic carbocycles. The number of rotatable bonds is 14. The Bertz CT molecular complexity index is 990. The van der Waals surface area contributed by atoms with E-state index in [-0.39, 0.29) is 25.4 Å². The van der Waals surface area contributed by atoms with Gasteiger partial charge < -0.3 is 19.3 Å². The monoisotopic (exact) mass is 466 g/mol. The number of carbonyl (C=O) groups excluding carboxylic acids is 2. The summed E-state index contributed by atoms with van der Waals surface area (Å²) in [5.41, 5.74) is 4.31. The molecule has 0 atom stereocenters. The highest BCUT2D eigenvalue weighted by Gasteiger charge is 2.12. The van der Waals surface area contributed by atoms with E-state index >= 15 is 0 Å². The maximum absolute atomic E-state index is 11.9. The molecule has 0 saturated heterocycles. The Kier molecular flexibility index (Phi) is 11.1. The third-order valence-corrected chi connectivity index (χ3v) is 5.18. The second-order valence-electron chi connectivity index (χ2n) is 8.08. The van der Waals surface area contributed by atoms with E-state index in [2.05, 4.69) is 44.3 Å². The van der Waals surface area contributed by atoms with Gasteiger partial charge in [0.25, 0.3) is 0 Å². The van der Waals surface area contributed by atoms with Gasteiger partial charge in [0.2, 0.25) is 0 Å². The van der Waals surface area contributed by atoms with Gasteiger partial charge in [0.15, 0.2) is 0 Å². The van der Waals surface area contributed by atoms with Crippen molar-refractivity contribution in [2.24, 2.45) is 0 Å². The van der Waals surface area contributed by atoms with E-state index < -0.39 is 18.5 Å². The number of hydrogen-bond donors (Lipinski definition) is 1. The molecule has 0 aromatic heterocycles. The molecule has 0 amide bonds. The van der Waals surface area contributed by atoms with Gasteiger partial charge in [0, 0.05) is 11.1 Å². The van der Waals surface area contributed by atoms with E-state index in [1.165, 1.54) is 24.8 Å². The third kappa shape index (κ3) is 8.52. The first-order valence-corrected chi connectivity index (χ1v) is 11.5. The molecule has 0 aliphatic heterocycles. The molecule has 0 unspecified atom stereocenters. The van der Waals surface area contributed by atoms with Gasteiger partial charge in [-0.15, -0.1) is 0 Å². The van der Waals surface area contributed by atoms with Crippen molar-refractivity contribution < 1.29 is 28.9 Å². The summed E-state index contributed by atoms with van der Waals surface area (Å²) in [6.45, 7) is 10.5. The molecule has 0 bridgehead atoms. The molecule has 182 valence electrons. The minimum absolute atomic E-state index is 0.00983. The first-order valence-electron chi connectivity index (χ1n) is 11.5. The Labute approximate surface area is 201 Å². The SMILES string of the molecule is C=C(C)C(=O)OCc1cc(-c2ccc(CCCCC)cc2)ccc1OCCOC(=O)C(=C)CO. The molecule has 2 rings (SSSR count). The number of unbranched alkanes of at least 4 members (excludes halogenated alkanes) is 2. The lowest BCUT2D eigenvalue weighted by Crippen LogP contribution is -2.15. The number of esters is 2. The smallest absolute Gasteiger partial charge is 0.335 e. The quantitative estimate of drug-likeness (QED) is 0.235. The maximum Gasteiger partial charge on any atom is 0.335 e. The molecule has 0 heterocycles. The van der Waals surface area contributed by atoms with Crippen LogP contribution in [0.25, 0.3) is 11.1 Å². The van der Waals surface area contributed by atoms with Gasteiger partial charge in [-0.1, -0.05) is 63.3 Å². The van der Waals surface area contributed by atoms with Crippen molar-refractivity contribution in [3.8, 4) is 16.9 Å². The van der Waals surface area contributed by atoms with Crippen molar-refractivity contribution in [1.29, 1.82) is 0 Å². The summed E-state index contributed by atoms with van der Waals surface area (Å²) >= 11 is 0. The van der Waals surface area contributed by atoms with Crippen LogP contribution in [0, 0.1) is 0 Å². The molecule has 34 heavy (non-hydrogen) atoms. The maximum atomic E-state index is 11.9. The van der Waals surface area contributed by atoms with Crippen molar-refractivity contribution >= 4 is 11.9 Å². The summed E-state index contributed by atoms with van der Waals surface area (Å²) in [7, 11) is 0. The molecular formula is C28H34O6. The highest BCUT2D eigenvalue weighted by molar-refractivity contribution is 5.88. The van der Waals surface area contributed by atoms with Crippen LogP contribution < -0.4 is 4.74 Å². The molecule has 0 saturated carbocycles. The molecule has 2 aromatic rings. The van der Waals surface area contributed by atoms with Gasteiger partial charge in [-0.2, -0.15) is 0 Å². The molecule has 6 heteroatoms. The summed E-state index contributed by atoms with van der Waals surface area (Å²) in [4.78, 5) is 23.5. The zero-order valence-corrected chi connectivity index (χ0v) is 20.1. The third-order valence-electron chi connectivity index (χ3n) is 5.18. The predicted octanol–water partition coefficient (Wildman–Crippen LogP) is 5.18. The fraction of sp³-hybridized carbons (Fsp3) is 0.357. The number of aliphatic hydroxyl groups is 1. The zero-order valence-electron chi connectivity index (χ0n) is 20.1. The van der Waals surface area contributed by atoms with Crippen LogP contribution in [0.15, 0.2) is 66.8 Å². The standard InChI is InChI=1S/C28H34O6/c1-5-6-7-8-22-9-11-23(12-10-22)24-13-14-26(25(17-24)19-34-27(30)20(2)3)32-15-16-33-28(31)21(4)18-29/h9-14,17,29H,2,4-8,15-16,18-19H2,1,3H3. The molecule has 0 aliphatic carbocycles. The zero-order chi connectivity index (χ0) is 24.9. The number of carbonyl (C=O) groups is 2. The molecule has 0 radical (unpaired) electrons. The highest BCUT2D eigenvalue weighted by atomic mass is 16.6. The van der Waals surface area contributed by atoms with Crippen molar-refractivity contribution in [2.45, 2.75) is 46.1 Å². The number of hydrogen-bond acceptors (Lipinski definition) is 6. The van der Waals surface area contributed by atoms with E-state index in [1.54, 1.807) is 6.92 Å². The Morgan fingerprint density at radius 1 is 0.912 bits per heavy atom. The number of benzene rings is 2. The van der Waals surface area contributed by atoms with E-state index in [4.69, 9.17) is 19.3 Å². The lowest BCUT2D eigenvalue weighted by molar-refractivity contribution is -0.141. The van der Waals surface area contributed by atoms with Crippen LogP contribution in [0.2, 0.25) is 0 Å². The summed E-state index contributed by atoms with van der Waals surface area (Å²) < 4.78 is 16.1. The largest absolute Gasteiger partial charge is 0.490 e. The Hall–Kier alpha value is -3.38. The van der Waals surface area contributed by atoms with Crippen molar-refractivity contribution in [1.82, 2.24) is 0 Å². The topological polar surface area (TPSA) is 82.1 Å². The second-order valence-corrected chi connectivity index (χ2v) is 8.08. The van der Waals surface area contributed by atoms with Crippen molar-refractivity contribution in [2.75, 3.05) is 19.8 Å². The number of aliphatic hydroxyl groups excluding tert-OH is 1. The first kappa shape index (κ1) is 26.9. The minimum atomic E-state index is -0.671. The van der Waals surface area contributed by atoms with Gasteiger partial charge >= 0.3 is 11.9 Å². The van der Waals surface area contributed by atoms with Crippen molar-refractivity contribution in [3.05, 3.63) is 77.9 Å². The molecule has 1 N–H and O–H groups in total. The van der Waals surface area contributed by atoms with Crippen LogP contribution in [0.4, 0.5) is 0 Å². The van der Waals surface area contributed by atoms with Crippen LogP contribution in [-0.4, -0.2) is 36.9 Å². The average Bonchev–Trinajstić information content (AvgIpc) is 2.85. The highest BCUT2D eigenvalue weighted by Crippen LogP contribution is 2.28. The molecule has 0 spiro atoms. The molecule has 0 aliphatic rings. The van der Waals surface area contributed by atoms with E-state index in [1.807, 2.05) is 18.2 Å². The summed E-state index contributed by atoms with van der Waals surface area (Å²) in [5.74, 6) is -0.633. The average molecular weight is 467 g/mol. The predicted molar refractivity (Wildman–Crippen MR) is 132 cm³/mol. The fourth-order valence-electron chi connectivity index (χ4n) is 3.17. The lowest BCUT2D eigenvalue weighted by atomic mass is 9.99. The Balaban J connectivity index is 2.12. The van der Waals surface area contributed by atoms with E-state index in [9.17, 15) is 9.59 Å². The molecule has 0 fully saturated rings. The van der Waals surface area contributed by atoms with Crippen LogP contribution in [0.3, 0.4) is 0 Å². The Morgan fingerprint density at radius 3 is 2.26 bits per heavy atom. The van der Waals surface area contributed by atoms with Crippen molar-refractivity contribution in [3.63, 3.8) is 0 Å². The van der Waals surface area contributed by atoms with Gasteiger partial charge in [-0.05, 0) is 48.6 Å². The Morgan fingerprint density at radius 2 is 1.62 bits per heavy atom. The summed E-state index contributed by atoms with van der Waals surface area (Å²) in [5, 5.41) is 8.92. The fourth-order valence-corrected chi connectivity index (χ4v) is 3.17. The normalized spacial score (nSPS) is 10.4. The lowest BCUT2D eigenvalue weighted by Gasteiger charge is -2.14. The molecular weight excluding hydrogens is 432 g/mol. The van der Waals surface area contributed by atoms with Gasteiger partial charge in [0.1, 0.15) is 25.6 Å². The second kappa shape index (κ2) is 14.0. The summed E-state index contributed by atoms with van der Waals surface area (Å²) in [6, 6.07) is 14.1. The van der Waals surface area contributed by atoms with Crippen LogP contribution in [0.5, 0.6) is 5.75 Å². The van der Waals surface area contributed by atoms with E-state index in [0.29, 0.717) is 16.9 Å². The van der Waals surface area contributed by atoms with Gasteiger partial charge in [-0.3, -0.25) is 0 Å². The first-order chi connectivity index (χ1) is 16.3. The van der Waals surface area contributed by atoms with Crippen LogP contribution in [-0.2, 0) is 32.1 Å². The van der Waals surface area contributed by atoms with Crippen LogP contribution in [0.1, 0.15) is 44.2 Å². The number of ether oxygens (including phenoxy) is 3.